The van der Waals surface area contributed by atoms with Gasteiger partial charge in [0.25, 0.3) is 0 Å². The summed E-state index contributed by atoms with van der Waals surface area (Å²) in [6.07, 6.45) is 1.80. The lowest BCUT2D eigenvalue weighted by Crippen LogP contribution is -1.90. The summed E-state index contributed by atoms with van der Waals surface area (Å²) < 4.78 is 14.2. The van der Waals surface area contributed by atoms with Crippen LogP contribution in [0.1, 0.15) is 17.2 Å². The number of hydrogen-bond acceptors (Lipinski definition) is 1. The molecule has 2 nitrogen and oxygen atoms in total. The highest BCUT2D eigenvalue weighted by atomic mass is 31.0. The largest absolute Gasteiger partial charge is 0.275 e. The molecule has 0 saturated carbocycles. The Bertz CT molecular complexity index is 232. The van der Waals surface area contributed by atoms with Gasteiger partial charge in [0, 0.05) is 13.2 Å². The molecular weight excluding hydrogens is 150 g/mol. The first-order chi connectivity index (χ1) is 4.61. The fraction of sp³-hybridized carbons (Fsp3) is 0.500. The molecule has 0 N–H and O–H groups in total. The molecule has 0 fully saturated rings. The van der Waals surface area contributed by atoms with E-state index in [0.29, 0.717) is 5.69 Å². The quantitative estimate of drug-likeness (QED) is 0.570. The van der Waals surface area contributed by atoms with Gasteiger partial charge >= 0.3 is 0 Å². The van der Waals surface area contributed by atoms with Crippen LogP contribution in [0.25, 0.3) is 0 Å². The maximum absolute atomic E-state index is 12.6. The van der Waals surface area contributed by atoms with Gasteiger partial charge in [0.2, 0.25) is 0 Å². The number of nitrogens with zero attached hydrogens (tertiary/aromatic N) is 2. The molecule has 1 aromatic rings. The molecule has 0 saturated heterocycles. The fourth-order valence-electron chi connectivity index (χ4n) is 0.897. The molecule has 4 heteroatoms. The molecule has 0 spiro atoms. The van der Waals surface area contributed by atoms with Crippen molar-refractivity contribution < 1.29 is 4.39 Å². The van der Waals surface area contributed by atoms with E-state index in [-0.39, 0.29) is 0 Å². The molecular formula is C6H10FN2P. The molecule has 56 valence electrons. The zero-order valence-electron chi connectivity index (χ0n) is 6.00. The van der Waals surface area contributed by atoms with Crippen LogP contribution in [0.5, 0.6) is 0 Å². The van der Waals surface area contributed by atoms with Gasteiger partial charge in [-0.15, -0.1) is 0 Å². The second kappa shape index (κ2) is 2.67. The van der Waals surface area contributed by atoms with Gasteiger partial charge in [0.05, 0.1) is 0 Å². The van der Waals surface area contributed by atoms with Crippen LogP contribution in [0.4, 0.5) is 4.39 Å². The van der Waals surface area contributed by atoms with Crippen molar-refractivity contribution >= 4 is 9.24 Å². The highest BCUT2D eigenvalue weighted by molar-refractivity contribution is 7.16. The molecule has 1 rings (SSSR count). The molecule has 0 aliphatic carbocycles. The van der Waals surface area contributed by atoms with Gasteiger partial charge in [-0.3, -0.25) is 4.68 Å². The number of aromatic nitrogens is 2. The van der Waals surface area contributed by atoms with Gasteiger partial charge in [-0.1, -0.05) is 9.24 Å². The Morgan fingerprint density at radius 2 is 2.40 bits per heavy atom. The zero-order valence-corrected chi connectivity index (χ0v) is 7.16. The summed E-state index contributed by atoms with van der Waals surface area (Å²) in [5.74, 6) is -1.04. The van der Waals surface area contributed by atoms with Crippen LogP contribution >= 0.6 is 9.24 Å². The minimum absolute atomic E-state index is 0.507. The lowest BCUT2D eigenvalue weighted by atomic mass is 10.3. The van der Waals surface area contributed by atoms with E-state index >= 15 is 0 Å². The van der Waals surface area contributed by atoms with Gasteiger partial charge < -0.3 is 0 Å². The average Bonchev–Trinajstić information content (AvgIpc) is 2.10. The van der Waals surface area contributed by atoms with Crippen molar-refractivity contribution in [1.29, 1.82) is 0 Å². The topological polar surface area (TPSA) is 17.8 Å². The van der Waals surface area contributed by atoms with Gasteiger partial charge in [0.15, 0.2) is 5.91 Å². The Labute approximate surface area is 61.6 Å². The SMILES string of the molecule is Cc1cn(C)nc1C(F)P. The highest BCUT2D eigenvalue weighted by Crippen LogP contribution is 2.24. The van der Waals surface area contributed by atoms with Gasteiger partial charge in [-0.2, -0.15) is 5.10 Å². The number of hydrogen-bond donors (Lipinski definition) is 0. The van der Waals surface area contributed by atoms with Crippen molar-refractivity contribution in [3.05, 3.63) is 17.5 Å². The number of halogens is 1. The maximum Gasteiger partial charge on any atom is 0.157 e. The van der Waals surface area contributed by atoms with Crippen molar-refractivity contribution in [2.75, 3.05) is 0 Å². The predicted molar refractivity (Wildman–Crippen MR) is 41.5 cm³/mol. The lowest BCUT2D eigenvalue weighted by molar-refractivity contribution is 0.454. The van der Waals surface area contributed by atoms with Crippen LogP contribution in [-0.4, -0.2) is 9.78 Å². The first-order valence-electron chi connectivity index (χ1n) is 3.01. The summed E-state index contributed by atoms with van der Waals surface area (Å²) in [6.45, 7) is 1.85. The molecule has 1 aromatic heterocycles. The molecule has 0 radical (unpaired) electrons. The summed E-state index contributed by atoms with van der Waals surface area (Å²) >= 11 is 0. The Morgan fingerprint density at radius 3 is 2.60 bits per heavy atom. The Morgan fingerprint density at radius 1 is 1.80 bits per heavy atom. The zero-order chi connectivity index (χ0) is 7.72. The van der Waals surface area contributed by atoms with Crippen molar-refractivity contribution in [2.24, 2.45) is 7.05 Å². The molecule has 0 aliphatic heterocycles. The molecule has 2 unspecified atom stereocenters. The smallest absolute Gasteiger partial charge is 0.157 e. The van der Waals surface area contributed by atoms with Crippen LogP contribution in [0.15, 0.2) is 6.20 Å². The summed E-state index contributed by atoms with van der Waals surface area (Å²) in [7, 11) is 3.86. The Balaban J connectivity index is 3.03. The van der Waals surface area contributed by atoms with E-state index in [0.717, 1.165) is 5.56 Å². The minimum Gasteiger partial charge on any atom is -0.275 e. The highest BCUT2D eigenvalue weighted by Gasteiger charge is 2.09. The summed E-state index contributed by atoms with van der Waals surface area (Å²) in [5, 5.41) is 3.93. The monoisotopic (exact) mass is 160 g/mol. The Kier molecular flexibility index (Phi) is 2.05. The van der Waals surface area contributed by atoms with E-state index in [2.05, 4.69) is 14.3 Å². The van der Waals surface area contributed by atoms with E-state index < -0.39 is 5.91 Å². The van der Waals surface area contributed by atoms with Crippen LogP contribution < -0.4 is 0 Å². The molecule has 0 bridgehead atoms. The van der Waals surface area contributed by atoms with E-state index in [4.69, 9.17) is 0 Å². The maximum atomic E-state index is 12.6. The molecule has 0 aromatic carbocycles. The third-order valence-electron chi connectivity index (χ3n) is 1.31. The molecule has 1 heterocycles. The van der Waals surface area contributed by atoms with E-state index in [1.54, 1.807) is 17.9 Å². The molecule has 0 amide bonds. The second-order valence-electron chi connectivity index (χ2n) is 2.27. The lowest BCUT2D eigenvalue weighted by Gasteiger charge is -1.95. The molecule has 0 aliphatic rings. The normalized spacial score (nSPS) is 13.6. The van der Waals surface area contributed by atoms with Gasteiger partial charge in [-0.25, -0.2) is 4.39 Å². The van der Waals surface area contributed by atoms with Gasteiger partial charge in [0.1, 0.15) is 5.69 Å². The van der Waals surface area contributed by atoms with E-state index in [9.17, 15) is 4.39 Å². The van der Waals surface area contributed by atoms with Crippen LogP contribution in [0, 0.1) is 6.92 Å². The first-order valence-corrected chi connectivity index (χ1v) is 3.67. The molecule has 10 heavy (non-hydrogen) atoms. The van der Waals surface area contributed by atoms with Gasteiger partial charge in [-0.05, 0) is 12.5 Å². The second-order valence-corrected chi connectivity index (χ2v) is 2.86. The third-order valence-corrected chi connectivity index (χ3v) is 1.63. The van der Waals surface area contributed by atoms with Crippen molar-refractivity contribution in [2.45, 2.75) is 12.8 Å². The number of aryl methyl sites for hydroxylation is 2. The first kappa shape index (κ1) is 7.67. The fourth-order valence-corrected chi connectivity index (χ4v) is 1.23. The van der Waals surface area contributed by atoms with Crippen LogP contribution in [-0.2, 0) is 7.05 Å². The predicted octanol–water partition coefficient (Wildman–Crippen LogP) is 1.57. The summed E-state index contributed by atoms with van der Waals surface area (Å²) in [5.41, 5.74) is 1.40. The van der Waals surface area contributed by atoms with Crippen LogP contribution in [0.3, 0.4) is 0 Å². The van der Waals surface area contributed by atoms with Crippen LogP contribution in [0.2, 0.25) is 0 Å². The van der Waals surface area contributed by atoms with E-state index in [1.807, 2.05) is 6.92 Å². The summed E-state index contributed by atoms with van der Waals surface area (Å²) in [6, 6.07) is 0. The number of alkyl halides is 1. The number of rotatable bonds is 1. The minimum atomic E-state index is -1.04. The average molecular weight is 160 g/mol. The standard InChI is InChI=1S/C6H10FN2P/c1-4-3-9(2)8-5(4)6(7)10/h3,6H,10H2,1-2H3. The van der Waals surface area contributed by atoms with E-state index in [1.165, 1.54) is 0 Å². The molecule has 2 atom stereocenters. The van der Waals surface area contributed by atoms with Crippen molar-refractivity contribution in [3.63, 3.8) is 0 Å². The third kappa shape index (κ3) is 1.35. The summed E-state index contributed by atoms with van der Waals surface area (Å²) in [4.78, 5) is 0. The van der Waals surface area contributed by atoms with Crippen molar-refractivity contribution in [3.8, 4) is 0 Å². The Hall–Kier alpha value is -0.430. The van der Waals surface area contributed by atoms with Crippen molar-refractivity contribution in [1.82, 2.24) is 9.78 Å².